The summed E-state index contributed by atoms with van der Waals surface area (Å²) in [7, 11) is 0. The second kappa shape index (κ2) is 5.98. The first-order valence-corrected chi connectivity index (χ1v) is 5.81. The maximum Gasteiger partial charge on any atom is 0.247 e. The van der Waals surface area contributed by atoms with E-state index in [0.29, 0.717) is 23.4 Å². The van der Waals surface area contributed by atoms with Crippen LogP contribution in [0.25, 0.3) is 17.3 Å². The Bertz CT molecular complexity index is 690. The summed E-state index contributed by atoms with van der Waals surface area (Å²) in [6.07, 6.45) is 1.48. The summed E-state index contributed by atoms with van der Waals surface area (Å²) in [6, 6.07) is 10.7. The van der Waals surface area contributed by atoms with E-state index >= 15 is 0 Å². The molecule has 7 heteroatoms. The molecule has 0 aliphatic rings. The molecule has 20 heavy (non-hydrogen) atoms. The van der Waals surface area contributed by atoms with Gasteiger partial charge in [0.2, 0.25) is 5.95 Å². The largest absolute Gasteiger partial charge is 0.264 e. The molecule has 6 nitrogen and oxygen atoms in total. The monoisotopic (exact) mass is 444 g/mol. The number of nitrogens with zero attached hydrogens (tertiary/aromatic N) is 6. The Morgan fingerprint density at radius 2 is 1.80 bits per heavy atom. The molecule has 0 saturated carbocycles. The summed E-state index contributed by atoms with van der Waals surface area (Å²) in [5, 5.41) is 4.18. The van der Waals surface area contributed by atoms with Gasteiger partial charge in [-0.2, -0.15) is 15.1 Å². The minimum atomic E-state index is 0. The van der Waals surface area contributed by atoms with E-state index in [-0.39, 0.29) is 20.1 Å². The predicted molar refractivity (Wildman–Crippen MR) is 68.5 cm³/mol. The van der Waals surface area contributed by atoms with Gasteiger partial charge in [-0.3, -0.25) is 4.98 Å². The van der Waals surface area contributed by atoms with Crippen molar-refractivity contribution in [2.24, 2.45) is 0 Å². The topological polar surface area (TPSA) is 69.4 Å². The van der Waals surface area contributed by atoms with E-state index in [1.165, 1.54) is 6.33 Å². The van der Waals surface area contributed by atoms with Gasteiger partial charge in [0.15, 0.2) is 0 Å². The Morgan fingerprint density at radius 3 is 2.45 bits per heavy atom. The summed E-state index contributed by atoms with van der Waals surface area (Å²) >= 11 is 0. The third kappa shape index (κ3) is 2.79. The third-order valence-electron chi connectivity index (χ3n) is 2.53. The molecule has 3 aromatic rings. The van der Waals surface area contributed by atoms with Crippen LogP contribution in [0, 0.1) is 19.9 Å². The molecule has 0 aliphatic heterocycles. The smallest absolute Gasteiger partial charge is 0.247 e. The molecule has 1 aromatic carbocycles. The zero-order valence-electron chi connectivity index (χ0n) is 10.9. The van der Waals surface area contributed by atoms with Gasteiger partial charge in [-0.05, 0) is 13.8 Å². The standard InChI is InChI=1S/C13H11N6.Ir/c1-9-16-10(2)18-13(17-9)19-12(14-8-15-19)11-6-4-3-5-7-11;/h3-6,8H,1-2H3;/q-1;. The van der Waals surface area contributed by atoms with Gasteiger partial charge in [-0.1, -0.05) is 0 Å². The maximum atomic E-state index is 4.29. The van der Waals surface area contributed by atoms with Crippen molar-refractivity contribution in [3.63, 3.8) is 0 Å². The molecule has 1 radical (unpaired) electrons. The van der Waals surface area contributed by atoms with Crippen molar-refractivity contribution in [2.75, 3.05) is 0 Å². The zero-order valence-corrected chi connectivity index (χ0v) is 13.3. The molecule has 0 spiro atoms. The second-order valence-corrected chi connectivity index (χ2v) is 4.00. The Balaban J connectivity index is 0.00000147. The Hall–Kier alpha value is -1.98. The molecular weight excluding hydrogens is 432 g/mol. The first-order valence-electron chi connectivity index (χ1n) is 5.81. The van der Waals surface area contributed by atoms with E-state index in [1.54, 1.807) is 4.68 Å². The maximum absolute atomic E-state index is 4.29. The summed E-state index contributed by atoms with van der Waals surface area (Å²) in [5.41, 5.74) is 0.843. The van der Waals surface area contributed by atoms with E-state index in [9.17, 15) is 0 Å². The number of aromatic nitrogens is 6. The van der Waals surface area contributed by atoms with E-state index in [0.717, 1.165) is 5.56 Å². The average molecular weight is 443 g/mol. The van der Waals surface area contributed by atoms with Crippen LogP contribution in [0.1, 0.15) is 11.6 Å². The van der Waals surface area contributed by atoms with Crippen LogP contribution in [0.3, 0.4) is 0 Å². The van der Waals surface area contributed by atoms with Crippen molar-refractivity contribution in [2.45, 2.75) is 13.8 Å². The fourth-order valence-electron chi connectivity index (χ4n) is 1.80. The van der Waals surface area contributed by atoms with Crippen molar-refractivity contribution in [1.29, 1.82) is 0 Å². The first-order chi connectivity index (χ1) is 9.24. The number of hydrogen-bond donors (Lipinski definition) is 0. The number of aryl methyl sites for hydroxylation is 2. The molecule has 2 heterocycles. The Morgan fingerprint density at radius 1 is 1.05 bits per heavy atom. The normalized spacial score (nSPS) is 10.1. The molecule has 0 atom stereocenters. The fraction of sp³-hybridized carbons (Fsp3) is 0.154. The van der Waals surface area contributed by atoms with E-state index in [4.69, 9.17) is 0 Å². The van der Waals surface area contributed by atoms with Gasteiger partial charge in [-0.15, -0.1) is 35.9 Å². The molecule has 0 fully saturated rings. The number of benzene rings is 1. The van der Waals surface area contributed by atoms with Gasteiger partial charge in [0.1, 0.15) is 18.0 Å². The molecule has 0 saturated heterocycles. The van der Waals surface area contributed by atoms with Crippen molar-refractivity contribution >= 4 is 0 Å². The predicted octanol–water partition coefficient (Wildman–Crippen LogP) is 1.53. The average Bonchev–Trinajstić information content (AvgIpc) is 2.88. The molecule has 0 bridgehead atoms. The molecule has 103 valence electrons. The van der Waals surface area contributed by atoms with E-state index < -0.39 is 0 Å². The van der Waals surface area contributed by atoms with E-state index in [2.05, 4.69) is 31.1 Å². The van der Waals surface area contributed by atoms with Crippen LogP contribution in [0.15, 0.2) is 30.6 Å². The van der Waals surface area contributed by atoms with Crippen molar-refractivity contribution in [3.05, 3.63) is 48.3 Å². The molecular formula is C13H11IrN6-. The first kappa shape index (κ1) is 14.4. The second-order valence-electron chi connectivity index (χ2n) is 4.00. The SMILES string of the molecule is Cc1nc(C)nc(-n2ncnc2-c2[c-]cccc2)n1.[Ir]. The number of rotatable bonds is 2. The zero-order chi connectivity index (χ0) is 13.2. The van der Waals surface area contributed by atoms with Gasteiger partial charge in [0, 0.05) is 20.1 Å². The van der Waals surface area contributed by atoms with Crippen molar-refractivity contribution in [1.82, 2.24) is 29.7 Å². The Kier molecular flexibility index (Phi) is 4.32. The van der Waals surface area contributed by atoms with Gasteiger partial charge < -0.3 is 0 Å². The molecule has 0 amide bonds. The van der Waals surface area contributed by atoms with Crippen LogP contribution in [0.5, 0.6) is 0 Å². The van der Waals surface area contributed by atoms with Crippen LogP contribution in [-0.2, 0) is 20.1 Å². The molecule has 3 rings (SSSR count). The van der Waals surface area contributed by atoms with Gasteiger partial charge in [-0.25, -0.2) is 9.67 Å². The Labute approximate surface area is 129 Å². The van der Waals surface area contributed by atoms with Crippen molar-refractivity contribution in [3.8, 4) is 17.3 Å². The van der Waals surface area contributed by atoms with Crippen LogP contribution < -0.4 is 0 Å². The quantitative estimate of drug-likeness (QED) is 0.562. The van der Waals surface area contributed by atoms with E-state index in [1.807, 2.05) is 38.1 Å². The van der Waals surface area contributed by atoms with Crippen molar-refractivity contribution < 1.29 is 20.1 Å². The minimum absolute atomic E-state index is 0. The fourth-order valence-corrected chi connectivity index (χ4v) is 1.80. The number of hydrogen-bond acceptors (Lipinski definition) is 5. The van der Waals surface area contributed by atoms with Crippen LogP contribution in [0.2, 0.25) is 0 Å². The third-order valence-corrected chi connectivity index (χ3v) is 2.53. The summed E-state index contributed by atoms with van der Waals surface area (Å²) < 4.78 is 1.59. The van der Waals surface area contributed by atoms with Crippen LogP contribution in [0.4, 0.5) is 0 Å². The van der Waals surface area contributed by atoms with Gasteiger partial charge in [0.05, 0.1) is 5.82 Å². The van der Waals surface area contributed by atoms with Gasteiger partial charge >= 0.3 is 0 Å². The molecule has 0 unspecified atom stereocenters. The minimum Gasteiger partial charge on any atom is -0.264 e. The molecule has 0 aliphatic carbocycles. The van der Waals surface area contributed by atoms with Gasteiger partial charge in [0.25, 0.3) is 0 Å². The summed E-state index contributed by atoms with van der Waals surface area (Å²) in [4.78, 5) is 17.0. The van der Waals surface area contributed by atoms with Crippen LogP contribution in [-0.4, -0.2) is 29.7 Å². The summed E-state index contributed by atoms with van der Waals surface area (Å²) in [5.74, 6) is 2.43. The summed E-state index contributed by atoms with van der Waals surface area (Å²) in [6.45, 7) is 3.65. The molecule has 0 N–H and O–H groups in total. The molecule has 2 aromatic heterocycles. The van der Waals surface area contributed by atoms with Crippen LogP contribution >= 0.6 is 0 Å².